The van der Waals surface area contributed by atoms with Crippen molar-refractivity contribution in [2.45, 2.75) is 22.1 Å². The molecule has 3 aromatic rings. The predicted octanol–water partition coefficient (Wildman–Crippen LogP) is 3.48. The summed E-state index contributed by atoms with van der Waals surface area (Å²) in [4.78, 5) is 16.3. The van der Waals surface area contributed by atoms with Crippen molar-refractivity contribution in [2.24, 2.45) is 0 Å². The number of carboxylic acid groups (broad SMARTS) is 1. The van der Waals surface area contributed by atoms with Crippen LogP contribution in [0.4, 0.5) is 0 Å². The third kappa shape index (κ3) is 2.13. The molecule has 0 aliphatic heterocycles. The van der Waals surface area contributed by atoms with Gasteiger partial charge in [-0.05, 0) is 36.1 Å². The smallest absolute Gasteiger partial charge is 0.346 e. The monoisotopic (exact) mass is 329 g/mol. The molecule has 0 unspecified atom stereocenters. The van der Waals surface area contributed by atoms with Crippen LogP contribution in [0.2, 0.25) is 0 Å². The van der Waals surface area contributed by atoms with E-state index in [2.05, 4.69) is 15.2 Å². The maximum atomic E-state index is 11.5. The van der Waals surface area contributed by atoms with Crippen LogP contribution in [0.1, 0.15) is 20.8 Å². The second kappa shape index (κ2) is 5.26. The molecular weight excluding hydrogens is 318 g/mol. The number of hydrogen-bond acceptors (Lipinski definition) is 5. The number of nitrogens with zero attached hydrogens (tertiary/aromatic N) is 2. The molecule has 2 N–H and O–H groups in total. The van der Waals surface area contributed by atoms with E-state index in [-0.39, 0.29) is 0 Å². The lowest BCUT2D eigenvalue weighted by Gasteiger charge is -2.13. The van der Waals surface area contributed by atoms with Crippen molar-refractivity contribution in [3.8, 4) is 11.3 Å². The first kappa shape index (κ1) is 13.5. The maximum Gasteiger partial charge on any atom is 0.346 e. The predicted molar refractivity (Wildman–Crippen MR) is 84.6 cm³/mol. The van der Waals surface area contributed by atoms with Gasteiger partial charge < -0.3 is 5.11 Å². The van der Waals surface area contributed by atoms with Crippen LogP contribution in [0.15, 0.2) is 39.8 Å². The molecule has 22 heavy (non-hydrogen) atoms. The van der Waals surface area contributed by atoms with Gasteiger partial charge in [0.2, 0.25) is 0 Å². The summed E-state index contributed by atoms with van der Waals surface area (Å²) in [6.45, 7) is 0. The second-order valence-corrected chi connectivity index (χ2v) is 7.23. The first-order chi connectivity index (χ1) is 10.7. The lowest BCUT2D eigenvalue weighted by atomic mass is 9.92. The van der Waals surface area contributed by atoms with E-state index in [4.69, 9.17) is 0 Å². The highest BCUT2D eigenvalue weighted by atomic mass is 32.2. The molecule has 0 atom stereocenters. The van der Waals surface area contributed by atoms with E-state index in [9.17, 15) is 9.90 Å². The molecule has 4 rings (SSSR count). The number of thiophene rings is 1. The maximum absolute atomic E-state index is 11.5. The van der Waals surface area contributed by atoms with Crippen LogP contribution in [0, 0.1) is 0 Å². The Morgan fingerprint density at radius 1 is 1.36 bits per heavy atom. The number of pyridine rings is 1. The fraction of sp³-hybridized carbons (Fsp3) is 0.133. The fourth-order valence-corrected chi connectivity index (χ4v) is 5.03. The number of H-pyrrole nitrogens is 1. The van der Waals surface area contributed by atoms with E-state index in [0.29, 0.717) is 4.88 Å². The largest absolute Gasteiger partial charge is 0.477 e. The van der Waals surface area contributed by atoms with Crippen LogP contribution in [-0.2, 0) is 12.8 Å². The average Bonchev–Trinajstić information content (AvgIpc) is 3.12. The van der Waals surface area contributed by atoms with Gasteiger partial charge in [0.25, 0.3) is 0 Å². The van der Waals surface area contributed by atoms with Crippen molar-refractivity contribution in [2.75, 3.05) is 0 Å². The third-order valence-electron chi connectivity index (χ3n) is 3.62. The first-order valence-corrected chi connectivity index (χ1v) is 8.38. The Morgan fingerprint density at radius 3 is 3.05 bits per heavy atom. The zero-order valence-electron chi connectivity index (χ0n) is 11.4. The number of rotatable bonds is 3. The third-order valence-corrected chi connectivity index (χ3v) is 5.97. The van der Waals surface area contributed by atoms with Crippen LogP contribution in [0.25, 0.3) is 11.3 Å². The molecule has 5 nitrogen and oxygen atoms in total. The van der Waals surface area contributed by atoms with Crippen LogP contribution in [0.5, 0.6) is 0 Å². The summed E-state index contributed by atoms with van der Waals surface area (Å²) < 4.78 is 0.955. The second-order valence-electron chi connectivity index (χ2n) is 4.92. The first-order valence-electron chi connectivity index (χ1n) is 6.74. The molecule has 0 saturated heterocycles. The van der Waals surface area contributed by atoms with Crippen LogP contribution in [-0.4, -0.2) is 26.3 Å². The van der Waals surface area contributed by atoms with E-state index in [1.165, 1.54) is 23.1 Å². The fourth-order valence-electron chi connectivity index (χ4n) is 2.66. The molecule has 0 aromatic carbocycles. The van der Waals surface area contributed by atoms with Gasteiger partial charge in [-0.3, -0.25) is 5.10 Å². The van der Waals surface area contributed by atoms with Crippen LogP contribution >= 0.6 is 23.1 Å². The van der Waals surface area contributed by atoms with E-state index in [0.717, 1.165) is 44.5 Å². The highest BCUT2D eigenvalue weighted by Gasteiger charge is 2.29. The lowest BCUT2D eigenvalue weighted by Crippen LogP contribution is -2.05. The lowest BCUT2D eigenvalue weighted by molar-refractivity contribution is 0.0701. The van der Waals surface area contributed by atoms with Gasteiger partial charge >= 0.3 is 5.97 Å². The standard InChI is InChI=1S/C15H11N3O2S2/c19-14(20)13-9-5-4-8-7-17-18-12(8)11(9)15(22-13)21-10-3-1-2-6-16-10/h1-3,6-7H,4-5H2,(H,17,18)(H,19,20). The van der Waals surface area contributed by atoms with Crippen molar-refractivity contribution in [1.29, 1.82) is 0 Å². The van der Waals surface area contributed by atoms with Crippen molar-refractivity contribution < 1.29 is 9.90 Å². The number of hydrogen-bond donors (Lipinski definition) is 2. The average molecular weight is 329 g/mol. The Morgan fingerprint density at radius 2 is 2.27 bits per heavy atom. The number of carbonyl (C=O) groups is 1. The molecule has 3 aromatic heterocycles. The topological polar surface area (TPSA) is 78.9 Å². The minimum absolute atomic E-state index is 0.425. The Balaban J connectivity index is 1.88. The van der Waals surface area contributed by atoms with Crippen LogP contribution < -0.4 is 0 Å². The summed E-state index contributed by atoms with van der Waals surface area (Å²) in [6, 6.07) is 5.71. The van der Waals surface area contributed by atoms with Crippen molar-refractivity contribution >= 4 is 29.1 Å². The summed E-state index contributed by atoms with van der Waals surface area (Å²) in [6.07, 6.45) is 5.13. The summed E-state index contributed by atoms with van der Waals surface area (Å²) >= 11 is 2.82. The minimum Gasteiger partial charge on any atom is -0.477 e. The van der Waals surface area contributed by atoms with E-state index < -0.39 is 5.97 Å². The van der Waals surface area contributed by atoms with Gasteiger partial charge in [0, 0.05) is 11.8 Å². The molecule has 0 radical (unpaired) electrons. The minimum atomic E-state index is -0.864. The molecule has 0 amide bonds. The molecule has 0 bridgehead atoms. The van der Waals surface area contributed by atoms with Gasteiger partial charge in [0.1, 0.15) is 9.90 Å². The molecule has 0 spiro atoms. The van der Waals surface area contributed by atoms with Gasteiger partial charge in [0.15, 0.2) is 0 Å². The summed E-state index contributed by atoms with van der Waals surface area (Å²) in [7, 11) is 0. The normalized spacial score (nSPS) is 12.7. The molecule has 1 aliphatic rings. The molecule has 3 heterocycles. The number of fused-ring (bicyclic) bond motifs is 3. The molecular formula is C15H11N3O2S2. The summed E-state index contributed by atoms with van der Waals surface area (Å²) in [5.41, 5.74) is 3.98. The number of aromatic nitrogens is 3. The van der Waals surface area contributed by atoms with Crippen LogP contribution in [0.3, 0.4) is 0 Å². The van der Waals surface area contributed by atoms with E-state index >= 15 is 0 Å². The number of carboxylic acids is 1. The van der Waals surface area contributed by atoms with Gasteiger partial charge in [-0.2, -0.15) is 5.10 Å². The summed E-state index contributed by atoms with van der Waals surface area (Å²) in [5, 5.41) is 17.5. The Bertz CT molecular complexity index is 855. The van der Waals surface area contributed by atoms with Crippen molar-refractivity contribution in [3.05, 3.63) is 46.6 Å². The Hall–Kier alpha value is -2.12. The zero-order chi connectivity index (χ0) is 15.1. The molecule has 0 saturated carbocycles. The van der Waals surface area contributed by atoms with Gasteiger partial charge in [0.05, 0.1) is 16.1 Å². The van der Waals surface area contributed by atoms with Gasteiger partial charge in [-0.1, -0.05) is 17.8 Å². The quantitative estimate of drug-likeness (QED) is 0.769. The van der Waals surface area contributed by atoms with Crippen molar-refractivity contribution in [3.63, 3.8) is 0 Å². The van der Waals surface area contributed by atoms with E-state index in [1.807, 2.05) is 24.4 Å². The zero-order valence-corrected chi connectivity index (χ0v) is 13.0. The van der Waals surface area contributed by atoms with Crippen molar-refractivity contribution in [1.82, 2.24) is 15.2 Å². The Kier molecular flexibility index (Phi) is 3.24. The number of aromatic carboxylic acids is 1. The number of nitrogens with one attached hydrogen (secondary N) is 1. The molecule has 110 valence electrons. The molecule has 1 aliphatic carbocycles. The number of aryl methyl sites for hydroxylation is 1. The Labute approximate surface area is 134 Å². The number of aromatic amines is 1. The SMILES string of the molecule is O=C(O)c1sc(Sc2ccccn2)c2c1CCc1cn[nH]c1-2. The van der Waals surface area contributed by atoms with Gasteiger partial charge in [-0.15, -0.1) is 11.3 Å². The molecule has 0 fully saturated rings. The molecule has 7 heteroatoms. The van der Waals surface area contributed by atoms with Gasteiger partial charge in [-0.25, -0.2) is 9.78 Å². The highest BCUT2D eigenvalue weighted by molar-refractivity contribution is 8.01. The summed E-state index contributed by atoms with van der Waals surface area (Å²) in [5.74, 6) is -0.864. The van der Waals surface area contributed by atoms with E-state index in [1.54, 1.807) is 6.20 Å². The highest BCUT2D eigenvalue weighted by Crippen LogP contribution is 2.47.